The number of likely N-dealkylation sites (N-methyl/N-ethyl adjacent to an activating group) is 1. The first-order chi connectivity index (χ1) is 16.2. The molecule has 1 spiro atoms. The highest BCUT2D eigenvalue weighted by Crippen LogP contribution is 2.60. The number of carbonyl (C=O) groups is 1. The van der Waals surface area contributed by atoms with Crippen molar-refractivity contribution in [3.8, 4) is 11.5 Å². The van der Waals surface area contributed by atoms with Crippen LogP contribution in [-0.4, -0.2) is 12.5 Å². The predicted molar refractivity (Wildman–Crippen MR) is 132 cm³/mol. The van der Waals surface area contributed by atoms with Gasteiger partial charge in [-0.3, -0.25) is 4.79 Å². The highest BCUT2D eigenvalue weighted by molar-refractivity contribution is 6.17. The number of amides is 1. The number of benzene rings is 5. The standard InChI is InChI=1S/C30H21NO2/c1-2-31-25-14-8-7-13-23(25)30(29(31)32)24-17-15-20-10-4-6-12-22(20)28(24)33-26-18-16-19-9-3-5-11-21(19)27(26)30/h3-18H,2H2,1H3/t30-/m1/s1. The quantitative estimate of drug-likeness (QED) is 0.294. The van der Waals surface area contributed by atoms with Gasteiger partial charge in [-0.2, -0.15) is 0 Å². The average Bonchev–Trinajstić information content (AvgIpc) is 3.12. The third-order valence-electron chi connectivity index (χ3n) is 7.24. The van der Waals surface area contributed by atoms with E-state index in [1.54, 1.807) is 0 Å². The Hall–Kier alpha value is -4.11. The minimum absolute atomic E-state index is 0.0867. The Balaban J connectivity index is 1.72. The van der Waals surface area contributed by atoms with E-state index in [4.69, 9.17) is 4.74 Å². The highest BCUT2D eigenvalue weighted by atomic mass is 16.5. The number of hydrogen-bond acceptors (Lipinski definition) is 2. The van der Waals surface area contributed by atoms with Crippen molar-refractivity contribution in [2.45, 2.75) is 12.3 Å². The molecule has 0 saturated carbocycles. The third kappa shape index (κ3) is 2.17. The van der Waals surface area contributed by atoms with E-state index < -0.39 is 5.41 Å². The molecule has 7 rings (SSSR count). The maximum Gasteiger partial charge on any atom is 0.247 e. The molecule has 0 aromatic heterocycles. The summed E-state index contributed by atoms with van der Waals surface area (Å²) in [6, 6.07) is 33.0. The lowest BCUT2D eigenvalue weighted by Gasteiger charge is -2.38. The van der Waals surface area contributed by atoms with Crippen molar-refractivity contribution in [3.63, 3.8) is 0 Å². The highest BCUT2D eigenvalue weighted by Gasteiger charge is 2.57. The predicted octanol–water partition coefficient (Wildman–Crippen LogP) is 6.80. The number of anilines is 1. The van der Waals surface area contributed by atoms with Gasteiger partial charge >= 0.3 is 0 Å². The van der Waals surface area contributed by atoms with E-state index in [-0.39, 0.29) is 5.91 Å². The van der Waals surface area contributed by atoms with Gasteiger partial charge in [0.25, 0.3) is 0 Å². The largest absolute Gasteiger partial charge is 0.456 e. The van der Waals surface area contributed by atoms with Gasteiger partial charge in [0.1, 0.15) is 16.9 Å². The second-order valence-electron chi connectivity index (χ2n) is 8.74. The summed E-state index contributed by atoms with van der Waals surface area (Å²) in [6.07, 6.45) is 0. The summed E-state index contributed by atoms with van der Waals surface area (Å²) < 4.78 is 6.65. The van der Waals surface area contributed by atoms with E-state index in [2.05, 4.69) is 54.6 Å². The van der Waals surface area contributed by atoms with Crippen LogP contribution >= 0.6 is 0 Å². The molecule has 5 aromatic carbocycles. The molecule has 1 atom stereocenters. The third-order valence-corrected chi connectivity index (χ3v) is 7.24. The molecule has 0 bridgehead atoms. The van der Waals surface area contributed by atoms with Crippen molar-refractivity contribution in [3.05, 3.63) is 114 Å². The molecule has 2 aliphatic heterocycles. The Bertz CT molecular complexity index is 1620. The van der Waals surface area contributed by atoms with E-state index in [1.165, 1.54) is 0 Å². The van der Waals surface area contributed by atoms with Gasteiger partial charge in [0.2, 0.25) is 5.91 Å². The fourth-order valence-electron chi connectivity index (χ4n) is 5.89. The molecule has 3 nitrogen and oxygen atoms in total. The molecule has 0 N–H and O–H groups in total. The molecule has 33 heavy (non-hydrogen) atoms. The lowest BCUT2D eigenvalue weighted by Crippen LogP contribution is -2.44. The van der Waals surface area contributed by atoms with Gasteiger partial charge < -0.3 is 9.64 Å². The molecule has 0 fully saturated rings. The van der Waals surface area contributed by atoms with Crippen LogP contribution in [0.4, 0.5) is 5.69 Å². The number of fused-ring (bicyclic) bond motifs is 10. The van der Waals surface area contributed by atoms with Crippen molar-refractivity contribution >= 4 is 33.1 Å². The Morgan fingerprint density at radius 2 is 1.39 bits per heavy atom. The average molecular weight is 428 g/mol. The van der Waals surface area contributed by atoms with Crippen molar-refractivity contribution in [2.24, 2.45) is 0 Å². The first kappa shape index (κ1) is 18.5. The van der Waals surface area contributed by atoms with Crippen LogP contribution < -0.4 is 9.64 Å². The monoisotopic (exact) mass is 427 g/mol. The summed E-state index contributed by atoms with van der Waals surface area (Å²) in [4.78, 5) is 16.5. The minimum Gasteiger partial charge on any atom is -0.456 e. The fraction of sp³-hybridized carbons (Fsp3) is 0.100. The lowest BCUT2D eigenvalue weighted by atomic mass is 9.66. The zero-order chi connectivity index (χ0) is 22.2. The molecule has 0 unspecified atom stereocenters. The molecular formula is C30H21NO2. The summed E-state index contributed by atoms with van der Waals surface area (Å²) in [5.74, 6) is 1.61. The van der Waals surface area contributed by atoms with E-state index >= 15 is 0 Å². The Morgan fingerprint density at radius 3 is 2.21 bits per heavy atom. The SMILES string of the molecule is CCN1C(=O)[C@]2(c3ccccc31)c1ccc3ccccc3c1Oc1ccc3ccccc3c12. The fourth-order valence-corrected chi connectivity index (χ4v) is 5.89. The van der Waals surface area contributed by atoms with Gasteiger partial charge in [-0.05, 0) is 35.2 Å². The summed E-state index contributed by atoms with van der Waals surface area (Å²) in [6.45, 7) is 2.65. The van der Waals surface area contributed by atoms with Gasteiger partial charge in [-0.15, -0.1) is 0 Å². The van der Waals surface area contributed by atoms with Crippen LogP contribution in [0.25, 0.3) is 21.5 Å². The van der Waals surface area contributed by atoms with E-state index in [1.807, 2.05) is 54.3 Å². The number of rotatable bonds is 1. The van der Waals surface area contributed by atoms with Gasteiger partial charge in [0, 0.05) is 34.3 Å². The van der Waals surface area contributed by atoms with Crippen molar-refractivity contribution < 1.29 is 9.53 Å². The van der Waals surface area contributed by atoms with Gasteiger partial charge in [0.05, 0.1) is 0 Å². The number of nitrogens with zero attached hydrogens (tertiary/aromatic N) is 1. The number of hydrogen-bond donors (Lipinski definition) is 0. The second-order valence-corrected chi connectivity index (χ2v) is 8.74. The molecular weight excluding hydrogens is 406 g/mol. The zero-order valence-electron chi connectivity index (χ0n) is 18.2. The summed E-state index contributed by atoms with van der Waals surface area (Å²) in [7, 11) is 0. The van der Waals surface area contributed by atoms with E-state index in [9.17, 15) is 4.79 Å². The molecule has 3 heteroatoms. The van der Waals surface area contributed by atoms with Crippen LogP contribution in [0, 0.1) is 0 Å². The van der Waals surface area contributed by atoms with E-state index in [0.717, 1.165) is 55.4 Å². The second kappa shape index (κ2) is 6.46. The minimum atomic E-state index is -0.958. The normalized spacial score (nSPS) is 18.3. The smallest absolute Gasteiger partial charge is 0.247 e. The first-order valence-corrected chi connectivity index (χ1v) is 11.4. The summed E-state index contributed by atoms with van der Waals surface area (Å²) >= 11 is 0. The maximum absolute atomic E-state index is 14.5. The first-order valence-electron chi connectivity index (χ1n) is 11.4. The van der Waals surface area contributed by atoms with Crippen LogP contribution in [-0.2, 0) is 10.2 Å². The van der Waals surface area contributed by atoms with Gasteiger partial charge in [0.15, 0.2) is 0 Å². The van der Waals surface area contributed by atoms with Crippen LogP contribution in [0.5, 0.6) is 11.5 Å². The molecule has 0 radical (unpaired) electrons. The molecule has 158 valence electrons. The van der Waals surface area contributed by atoms with E-state index in [0.29, 0.717) is 6.54 Å². The number of para-hydroxylation sites is 1. The molecule has 1 amide bonds. The number of ether oxygens (including phenoxy) is 1. The maximum atomic E-state index is 14.5. The summed E-state index contributed by atoms with van der Waals surface area (Å²) in [5.41, 5.74) is 2.90. The summed E-state index contributed by atoms with van der Waals surface area (Å²) in [5, 5.41) is 4.27. The van der Waals surface area contributed by atoms with Crippen LogP contribution in [0.3, 0.4) is 0 Å². The Kier molecular flexibility index (Phi) is 3.61. The lowest BCUT2D eigenvalue weighted by molar-refractivity contribution is -0.120. The number of carbonyl (C=O) groups excluding carboxylic acids is 1. The topological polar surface area (TPSA) is 29.5 Å². The molecule has 2 aliphatic rings. The van der Waals surface area contributed by atoms with Crippen LogP contribution in [0.15, 0.2) is 97.1 Å². The Labute approximate surface area is 191 Å². The molecule has 5 aromatic rings. The van der Waals surface area contributed by atoms with Gasteiger partial charge in [-0.25, -0.2) is 0 Å². The Morgan fingerprint density at radius 1 is 0.727 bits per heavy atom. The van der Waals surface area contributed by atoms with Crippen molar-refractivity contribution in [2.75, 3.05) is 11.4 Å². The molecule has 0 saturated heterocycles. The van der Waals surface area contributed by atoms with Crippen LogP contribution in [0.2, 0.25) is 0 Å². The van der Waals surface area contributed by atoms with Gasteiger partial charge in [-0.1, -0.05) is 84.9 Å². The van der Waals surface area contributed by atoms with Crippen molar-refractivity contribution in [1.29, 1.82) is 0 Å². The zero-order valence-corrected chi connectivity index (χ0v) is 18.2. The van der Waals surface area contributed by atoms with Crippen molar-refractivity contribution in [1.82, 2.24) is 0 Å². The van der Waals surface area contributed by atoms with Crippen LogP contribution in [0.1, 0.15) is 23.6 Å². The molecule has 0 aliphatic carbocycles. The molecule has 2 heterocycles.